The van der Waals surface area contributed by atoms with Gasteiger partial charge in [-0.15, -0.1) is 0 Å². The van der Waals surface area contributed by atoms with E-state index in [0.29, 0.717) is 21.4 Å². The fraction of sp³-hybridized carbons (Fsp3) is 0.391. The van der Waals surface area contributed by atoms with Gasteiger partial charge in [-0.05, 0) is 63.9 Å². The van der Waals surface area contributed by atoms with Crippen molar-refractivity contribution in [2.45, 2.75) is 53.2 Å². The lowest BCUT2D eigenvalue weighted by atomic mass is 10.1. The number of carbonyl (C=O) groups is 2. The molecule has 0 bridgehead atoms. The number of rotatable bonds is 8. The molecule has 0 heterocycles. The van der Waals surface area contributed by atoms with Crippen molar-refractivity contribution >= 4 is 35.0 Å². The van der Waals surface area contributed by atoms with E-state index in [1.54, 1.807) is 25.1 Å². The van der Waals surface area contributed by atoms with Gasteiger partial charge in [0.15, 0.2) is 6.61 Å². The van der Waals surface area contributed by atoms with Crippen LogP contribution in [0.5, 0.6) is 5.75 Å². The summed E-state index contributed by atoms with van der Waals surface area (Å²) in [5, 5.41) is 3.72. The molecule has 1 unspecified atom stereocenters. The second kappa shape index (κ2) is 10.7. The topological polar surface area (TPSA) is 58.6 Å². The third-order valence-electron chi connectivity index (χ3n) is 4.89. The molecule has 0 aliphatic rings. The monoisotopic (exact) mass is 450 g/mol. The van der Waals surface area contributed by atoms with E-state index in [1.807, 2.05) is 45.9 Å². The first-order valence-electron chi connectivity index (χ1n) is 9.83. The molecule has 0 saturated heterocycles. The number of nitrogens with one attached hydrogen (secondary N) is 1. The summed E-state index contributed by atoms with van der Waals surface area (Å²) in [5.74, 6) is 0.0462. The molecular weight excluding hydrogens is 423 g/mol. The molecule has 0 radical (unpaired) electrons. The van der Waals surface area contributed by atoms with E-state index in [0.717, 1.165) is 11.1 Å². The molecule has 2 aromatic rings. The summed E-state index contributed by atoms with van der Waals surface area (Å²) >= 11 is 12.6. The molecule has 1 atom stereocenters. The van der Waals surface area contributed by atoms with E-state index in [2.05, 4.69) is 5.32 Å². The van der Waals surface area contributed by atoms with Gasteiger partial charge in [-0.25, -0.2) is 0 Å². The SMILES string of the molecule is Cc1cccc(OCC(=O)N(Cc2c(Cl)cccc2Cl)C(C)C(=O)NC(C)C)c1C. The lowest BCUT2D eigenvalue weighted by Gasteiger charge is -2.30. The molecule has 0 aliphatic carbocycles. The minimum absolute atomic E-state index is 0.0491. The number of aryl methyl sites for hydroxylation is 1. The standard InChI is InChI=1S/C23H28Cl2N2O3/c1-14(2)26-23(29)17(5)27(12-18-19(24)9-7-10-20(18)25)22(28)13-30-21-11-6-8-15(3)16(21)4/h6-11,14,17H,12-13H2,1-5H3,(H,26,29). The Labute approximate surface area is 188 Å². The summed E-state index contributed by atoms with van der Waals surface area (Å²) in [6.45, 7) is 9.23. The van der Waals surface area contributed by atoms with Crippen LogP contribution >= 0.6 is 23.2 Å². The molecule has 7 heteroatoms. The maximum absolute atomic E-state index is 13.1. The first-order valence-corrected chi connectivity index (χ1v) is 10.6. The fourth-order valence-corrected chi connectivity index (χ4v) is 3.46. The minimum atomic E-state index is -0.727. The summed E-state index contributed by atoms with van der Waals surface area (Å²) in [4.78, 5) is 27.2. The van der Waals surface area contributed by atoms with Crippen LogP contribution in [0.3, 0.4) is 0 Å². The van der Waals surface area contributed by atoms with E-state index in [-0.39, 0.29) is 31.0 Å². The largest absolute Gasteiger partial charge is 0.483 e. The maximum atomic E-state index is 13.1. The lowest BCUT2D eigenvalue weighted by Crippen LogP contribution is -2.50. The Morgan fingerprint density at radius 2 is 1.63 bits per heavy atom. The Kier molecular flexibility index (Phi) is 8.56. The highest BCUT2D eigenvalue weighted by molar-refractivity contribution is 6.36. The third-order valence-corrected chi connectivity index (χ3v) is 5.60. The Morgan fingerprint density at radius 3 is 2.23 bits per heavy atom. The smallest absolute Gasteiger partial charge is 0.261 e. The highest BCUT2D eigenvalue weighted by Gasteiger charge is 2.28. The van der Waals surface area contributed by atoms with Gasteiger partial charge in [0.1, 0.15) is 11.8 Å². The van der Waals surface area contributed by atoms with E-state index < -0.39 is 6.04 Å². The van der Waals surface area contributed by atoms with Gasteiger partial charge in [-0.3, -0.25) is 9.59 Å². The molecule has 0 aromatic heterocycles. The highest BCUT2D eigenvalue weighted by Crippen LogP contribution is 2.27. The van der Waals surface area contributed by atoms with Crippen molar-refractivity contribution in [2.24, 2.45) is 0 Å². The molecule has 0 aliphatic heterocycles. The Bertz CT molecular complexity index is 895. The van der Waals surface area contributed by atoms with E-state index in [1.165, 1.54) is 4.90 Å². The summed E-state index contributed by atoms with van der Waals surface area (Å²) < 4.78 is 5.78. The number of amides is 2. The van der Waals surface area contributed by atoms with Crippen LogP contribution in [0.25, 0.3) is 0 Å². The van der Waals surface area contributed by atoms with Gasteiger partial charge in [-0.2, -0.15) is 0 Å². The molecule has 162 valence electrons. The second-order valence-electron chi connectivity index (χ2n) is 7.55. The van der Waals surface area contributed by atoms with Crippen LogP contribution in [-0.4, -0.2) is 35.4 Å². The molecule has 2 aromatic carbocycles. The number of carbonyl (C=O) groups excluding carboxylic acids is 2. The third kappa shape index (κ3) is 6.13. The number of halogens is 2. The van der Waals surface area contributed by atoms with E-state index >= 15 is 0 Å². The van der Waals surface area contributed by atoms with Crippen molar-refractivity contribution in [3.8, 4) is 5.75 Å². The van der Waals surface area contributed by atoms with Crippen LogP contribution in [0, 0.1) is 13.8 Å². The molecule has 30 heavy (non-hydrogen) atoms. The van der Waals surface area contributed by atoms with Gasteiger partial charge in [0, 0.05) is 28.2 Å². The van der Waals surface area contributed by atoms with Crippen LogP contribution in [0.1, 0.15) is 37.5 Å². The van der Waals surface area contributed by atoms with Crippen molar-refractivity contribution in [3.63, 3.8) is 0 Å². The van der Waals surface area contributed by atoms with Crippen LogP contribution in [0.2, 0.25) is 10.0 Å². The van der Waals surface area contributed by atoms with Crippen LogP contribution in [-0.2, 0) is 16.1 Å². The van der Waals surface area contributed by atoms with Crippen LogP contribution in [0.4, 0.5) is 0 Å². The van der Waals surface area contributed by atoms with Gasteiger partial charge < -0.3 is 15.0 Å². The Hall–Kier alpha value is -2.24. The normalized spacial score (nSPS) is 11.9. The van der Waals surface area contributed by atoms with Gasteiger partial charge in [0.2, 0.25) is 5.91 Å². The summed E-state index contributed by atoms with van der Waals surface area (Å²) in [5.41, 5.74) is 2.63. The van der Waals surface area contributed by atoms with Gasteiger partial charge in [0.05, 0.1) is 0 Å². The number of hydrogen-bond acceptors (Lipinski definition) is 3. The van der Waals surface area contributed by atoms with Gasteiger partial charge >= 0.3 is 0 Å². The predicted molar refractivity (Wildman–Crippen MR) is 121 cm³/mol. The van der Waals surface area contributed by atoms with E-state index in [9.17, 15) is 9.59 Å². The van der Waals surface area contributed by atoms with Gasteiger partial charge in [-0.1, -0.05) is 41.4 Å². The van der Waals surface area contributed by atoms with Crippen molar-refractivity contribution in [2.75, 3.05) is 6.61 Å². The zero-order valence-corrected chi connectivity index (χ0v) is 19.5. The van der Waals surface area contributed by atoms with Crippen molar-refractivity contribution in [1.82, 2.24) is 10.2 Å². The first-order chi connectivity index (χ1) is 14.1. The maximum Gasteiger partial charge on any atom is 0.261 e. The average molecular weight is 451 g/mol. The molecule has 0 saturated carbocycles. The zero-order chi connectivity index (χ0) is 22.4. The second-order valence-corrected chi connectivity index (χ2v) is 8.36. The highest BCUT2D eigenvalue weighted by atomic mass is 35.5. The Balaban J connectivity index is 2.26. The fourth-order valence-electron chi connectivity index (χ4n) is 2.94. The molecule has 5 nitrogen and oxygen atoms in total. The molecule has 0 spiro atoms. The molecule has 0 fully saturated rings. The van der Waals surface area contributed by atoms with Crippen molar-refractivity contribution < 1.29 is 14.3 Å². The van der Waals surface area contributed by atoms with Crippen molar-refractivity contribution in [1.29, 1.82) is 0 Å². The summed E-state index contributed by atoms with van der Waals surface area (Å²) in [6, 6.07) is 10.0. The van der Waals surface area contributed by atoms with Crippen molar-refractivity contribution in [3.05, 3.63) is 63.1 Å². The van der Waals surface area contributed by atoms with Gasteiger partial charge in [0.25, 0.3) is 5.91 Å². The van der Waals surface area contributed by atoms with E-state index in [4.69, 9.17) is 27.9 Å². The quantitative estimate of drug-likeness (QED) is 0.619. The molecule has 2 rings (SSSR count). The average Bonchev–Trinajstić information content (AvgIpc) is 2.67. The predicted octanol–water partition coefficient (Wildman–Crippen LogP) is 4.93. The molecule has 1 N–H and O–H groups in total. The number of hydrogen-bond donors (Lipinski definition) is 1. The van der Waals surface area contributed by atoms with Crippen LogP contribution < -0.4 is 10.1 Å². The first kappa shape index (κ1) is 24.0. The zero-order valence-electron chi connectivity index (χ0n) is 18.0. The lowest BCUT2D eigenvalue weighted by molar-refractivity contribution is -0.142. The Morgan fingerprint density at radius 1 is 1.03 bits per heavy atom. The number of benzene rings is 2. The minimum Gasteiger partial charge on any atom is -0.483 e. The van der Waals surface area contributed by atoms with Crippen LogP contribution in [0.15, 0.2) is 36.4 Å². The number of nitrogens with zero attached hydrogens (tertiary/aromatic N) is 1. The summed E-state index contributed by atoms with van der Waals surface area (Å²) in [6.07, 6.45) is 0. The summed E-state index contributed by atoms with van der Waals surface area (Å²) in [7, 11) is 0. The molecular formula is C23H28Cl2N2O3. The number of ether oxygens (including phenoxy) is 1. The molecule has 2 amide bonds.